The third kappa shape index (κ3) is 3.75. The van der Waals surface area contributed by atoms with Gasteiger partial charge in [-0.1, -0.05) is 28.8 Å². The topological polar surface area (TPSA) is 75.4 Å². The molecule has 0 aromatic heterocycles. The molecule has 0 radical (unpaired) electrons. The van der Waals surface area contributed by atoms with Crippen LogP contribution in [0.15, 0.2) is 22.7 Å². The minimum absolute atomic E-state index is 0.0389. The Balaban J connectivity index is 2.04. The number of nitrogens with zero attached hydrogens (tertiary/aromatic N) is 1. The van der Waals surface area contributed by atoms with E-state index in [1.54, 1.807) is 12.1 Å². The first-order valence-electron chi connectivity index (χ1n) is 6.42. The van der Waals surface area contributed by atoms with Crippen LogP contribution in [-0.2, 0) is 6.54 Å². The largest absolute Gasteiger partial charge is 0.392 e. The van der Waals surface area contributed by atoms with Crippen molar-refractivity contribution in [3.63, 3.8) is 0 Å². The number of halogens is 1. The van der Waals surface area contributed by atoms with Gasteiger partial charge in [0.15, 0.2) is 0 Å². The molecule has 0 amide bonds. The van der Waals surface area contributed by atoms with Crippen LogP contribution < -0.4 is 5.32 Å². The molecule has 2 N–H and O–H groups in total. The molecule has 104 valence electrons. The molecule has 1 aromatic rings. The van der Waals surface area contributed by atoms with Crippen molar-refractivity contribution >= 4 is 21.6 Å². The molecule has 1 aromatic carbocycles. The van der Waals surface area contributed by atoms with Gasteiger partial charge in [0, 0.05) is 28.7 Å². The lowest BCUT2D eigenvalue weighted by molar-refractivity contribution is -0.385. The molecular formula is C13H17BrN2O3. The second-order valence-corrected chi connectivity index (χ2v) is 5.79. The Labute approximate surface area is 120 Å². The molecule has 2 unspecified atom stereocenters. The minimum Gasteiger partial charge on any atom is -0.392 e. The summed E-state index contributed by atoms with van der Waals surface area (Å²) in [5.74, 6) is 0. The molecule has 0 bridgehead atoms. The van der Waals surface area contributed by atoms with Crippen molar-refractivity contribution in [1.29, 1.82) is 0 Å². The number of hydrogen-bond acceptors (Lipinski definition) is 4. The van der Waals surface area contributed by atoms with Crippen molar-refractivity contribution in [3.05, 3.63) is 38.3 Å². The van der Waals surface area contributed by atoms with Crippen molar-refractivity contribution < 1.29 is 10.0 Å². The van der Waals surface area contributed by atoms with E-state index < -0.39 is 0 Å². The van der Waals surface area contributed by atoms with E-state index in [-0.39, 0.29) is 22.8 Å². The minimum atomic E-state index is -0.376. The van der Waals surface area contributed by atoms with Crippen LogP contribution in [0, 0.1) is 10.1 Å². The summed E-state index contributed by atoms with van der Waals surface area (Å²) in [4.78, 5) is 10.6. The fraction of sp³-hybridized carbons (Fsp3) is 0.538. The van der Waals surface area contributed by atoms with Gasteiger partial charge in [0.1, 0.15) is 0 Å². The van der Waals surface area contributed by atoms with Crippen molar-refractivity contribution in [2.75, 3.05) is 0 Å². The van der Waals surface area contributed by atoms with Crippen molar-refractivity contribution in [1.82, 2.24) is 5.32 Å². The molecule has 2 rings (SSSR count). The molecule has 1 fully saturated rings. The summed E-state index contributed by atoms with van der Waals surface area (Å²) in [5, 5.41) is 24.1. The van der Waals surface area contributed by atoms with Gasteiger partial charge in [0.2, 0.25) is 0 Å². The molecule has 0 aliphatic heterocycles. The molecule has 2 atom stereocenters. The maximum Gasteiger partial charge on any atom is 0.275 e. The van der Waals surface area contributed by atoms with E-state index in [1.807, 2.05) is 0 Å². The van der Waals surface area contributed by atoms with Gasteiger partial charge < -0.3 is 10.4 Å². The number of aliphatic hydroxyl groups excluding tert-OH is 1. The van der Waals surface area contributed by atoms with Crippen LogP contribution in [0.4, 0.5) is 5.69 Å². The van der Waals surface area contributed by atoms with Crippen molar-refractivity contribution in [2.24, 2.45) is 0 Å². The molecule has 6 heteroatoms. The lowest BCUT2D eigenvalue weighted by Gasteiger charge is -2.28. The monoisotopic (exact) mass is 328 g/mol. The Hall–Kier alpha value is -0.980. The number of nitro benzene ring substituents is 1. The number of aliphatic hydroxyl groups is 1. The number of hydrogen-bond donors (Lipinski definition) is 2. The maximum absolute atomic E-state index is 11.0. The van der Waals surface area contributed by atoms with Crippen LogP contribution in [0.25, 0.3) is 0 Å². The highest BCUT2D eigenvalue weighted by Gasteiger charge is 2.23. The highest BCUT2D eigenvalue weighted by Crippen LogP contribution is 2.24. The summed E-state index contributed by atoms with van der Waals surface area (Å²) in [5.41, 5.74) is 0.748. The predicted molar refractivity (Wildman–Crippen MR) is 75.9 cm³/mol. The highest BCUT2D eigenvalue weighted by molar-refractivity contribution is 9.10. The van der Waals surface area contributed by atoms with Gasteiger partial charge in [0.25, 0.3) is 5.69 Å². The Kier molecular flexibility index (Phi) is 4.90. The van der Waals surface area contributed by atoms with Crippen LogP contribution in [0.2, 0.25) is 0 Å². The second kappa shape index (κ2) is 6.45. The molecule has 1 aliphatic carbocycles. The van der Waals surface area contributed by atoms with Gasteiger partial charge in [-0.15, -0.1) is 0 Å². The van der Waals surface area contributed by atoms with Gasteiger partial charge >= 0.3 is 0 Å². The van der Waals surface area contributed by atoms with Crippen LogP contribution in [-0.4, -0.2) is 22.2 Å². The van der Waals surface area contributed by atoms with E-state index in [0.29, 0.717) is 16.6 Å². The van der Waals surface area contributed by atoms with E-state index >= 15 is 0 Å². The number of rotatable bonds is 4. The zero-order chi connectivity index (χ0) is 13.8. The summed E-state index contributed by atoms with van der Waals surface area (Å²) >= 11 is 3.24. The Morgan fingerprint density at radius 2 is 2.16 bits per heavy atom. The Morgan fingerprint density at radius 3 is 2.84 bits per heavy atom. The van der Waals surface area contributed by atoms with Crippen LogP contribution >= 0.6 is 15.9 Å². The SMILES string of the molecule is O=[N+]([O-])c1cc(Br)ccc1CNC1CCCCC1O. The quantitative estimate of drug-likeness (QED) is 0.658. The zero-order valence-corrected chi connectivity index (χ0v) is 12.1. The summed E-state index contributed by atoms with van der Waals surface area (Å²) in [7, 11) is 0. The van der Waals surface area contributed by atoms with Crippen molar-refractivity contribution in [3.8, 4) is 0 Å². The van der Waals surface area contributed by atoms with Gasteiger partial charge in [-0.3, -0.25) is 10.1 Å². The standard InChI is InChI=1S/C13H17BrN2O3/c14-10-6-5-9(12(7-10)16(18)19)8-15-11-3-1-2-4-13(11)17/h5-7,11,13,15,17H,1-4,8H2. The fourth-order valence-electron chi connectivity index (χ4n) is 2.45. The van der Waals surface area contributed by atoms with Crippen LogP contribution in [0.5, 0.6) is 0 Å². The lowest BCUT2D eigenvalue weighted by atomic mass is 9.92. The molecule has 19 heavy (non-hydrogen) atoms. The van der Waals surface area contributed by atoms with E-state index in [0.717, 1.165) is 25.7 Å². The Morgan fingerprint density at radius 1 is 1.42 bits per heavy atom. The number of nitro groups is 1. The molecule has 0 spiro atoms. The van der Waals surface area contributed by atoms with Gasteiger partial charge in [-0.25, -0.2) is 0 Å². The first kappa shape index (κ1) is 14.4. The van der Waals surface area contributed by atoms with E-state index in [9.17, 15) is 15.2 Å². The number of benzene rings is 1. The third-order valence-electron chi connectivity index (χ3n) is 3.53. The lowest BCUT2D eigenvalue weighted by Crippen LogP contribution is -2.41. The first-order chi connectivity index (χ1) is 9.08. The van der Waals surface area contributed by atoms with Crippen LogP contribution in [0.3, 0.4) is 0 Å². The smallest absolute Gasteiger partial charge is 0.275 e. The van der Waals surface area contributed by atoms with Gasteiger partial charge in [-0.05, 0) is 25.0 Å². The number of nitrogens with one attached hydrogen (secondary N) is 1. The van der Waals surface area contributed by atoms with Crippen molar-refractivity contribution in [2.45, 2.75) is 44.4 Å². The molecular weight excluding hydrogens is 312 g/mol. The van der Waals surface area contributed by atoms with Crippen LogP contribution in [0.1, 0.15) is 31.2 Å². The van der Waals surface area contributed by atoms with E-state index in [4.69, 9.17) is 0 Å². The second-order valence-electron chi connectivity index (χ2n) is 4.87. The first-order valence-corrected chi connectivity index (χ1v) is 7.21. The summed E-state index contributed by atoms with van der Waals surface area (Å²) in [6, 6.07) is 5.08. The molecule has 0 saturated heterocycles. The highest BCUT2D eigenvalue weighted by atomic mass is 79.9. The normalized spacial score (nSPS) is 23.3. The Bertz CT molecular complexity index is 467. The van der Waals surface area contributed by atoms with Gasteiger partial charge in [0.05, 0.1) is 11.0 Å². The van der Waals surface area contributed by atoms with Gasteiger partial charge in [-0.2, -0.15) is 0 Å². The molecule has 1 saturated carbocycles. The van der Waals surface area contributed by atoms with E-state index in [1.165, 1.54) is 6.07 Å². The summed E-state index contributed by atoms with van der Waals surface area (Å²) in [6.45, 7) is 0.408. The molecule has 5 nitrogen and oxygen atoms in total. The maximum atomic E-state index is 11.0. The fourth-order valence-corrected chi connectivity index (χ4v) is 2.80. The summed E-state index contributed by atoms with van der Waals surface area (Å²) in [6.07, 6.45) is 3.53. The average molecular weight is 329 g/mol. The predicted octanol–water partition coefficient (Wildman–Crippen LogP) is 2.75. The average Bonchev–Trinajstić information content (AvgIpc) is 2.38. The zero-order valence-electron chi connectivity index (χ0n) is 10.5. The molecule has 1 aliphatic rings. The third-order valence-corrected chi connectivity index (χ3v) is 4.02. The summed E-state index contributed by atoms with van der Waals surface area (Å²) < 4.78 is 0.695. The molecule has 0 heterocycles. The van der Waals surface area contributed by atoms with E-state index in [2.05, 4.69) is 21.2 Å².